The third kappa shape index (κ3) is 3.22. The first-order valence-electron chi connectivity index (χ1n) is 8.90. The van der Waals surface area contributed by atoms with Gasteiger partial charge < -0.3 is 10.0 Å². The van der Waals surface area contributed by atoms with Crippen LogP contribution in [0.25, 0.3) is 5.57 Å². The van der Waals surface area contributed by atoms with Crippen LogP contribution in [0.3, 0.4) is 0 Å². The molecule has 1 N–H and O–H groups in total. The summed E-state index contributed by atoms with van der Waals surface area (Å²) in [6, 6.07) is 21.2. The van der Waals surface area contributed by atoms with Gasteiger partial charge in [-0.15, -0.1) is 0 Å². The highest BCUT2D eigenvalue weighted by Crippen LogP contribution is 2.43. The summed E-state index contributed by atoms with van der Waals surface area (Å²) in [5, 5.41) is 10.7. The summed E-state index contributed by atoms with van der Waals surface area (Å²) in [5.74, 6) is -0.530. The zero-order valence-electron chi connectivity index (χ0n) is 15.0. The second-order valence-corrected chi connectivity index (χ2v) is 6.73. The fourth-order valence-corrected chi connectivity index (χ4v) is 3.51. The second-order valence-electron chi connectivity index (χ2n) is 6.73. The first-order chi connectivity index (χ1) is 13.1. The monoisotopic (exact) mass is 356 g/mol. The molecule has 0 radical (unpaired) electrons. The average molecular weight is 356 g/mol. The number of pyridine rings is 1. The second kappa shape index (κ2) is 7.08. The van der Waals surface area contributed by atoms with E-state index in [0.717, 1.165) is 22.3 Å². The van der Waals surface area contributed by atoms with Crippen LogP contribution in [0.1, 0.15) is 28.3 Å². The Labute approximate surface area is 158 Å². The minimum Gasteiger partial charge on any atom is -0.503 e. The van der Waals surface area contributed by atoms with E-state index in [1.54, 1.807) is 17.3 Å². The molecule has 1 aromatic heterocycles. The lowest BCUT2D eigenvalue weighted by molar-refractivity contribution is -0.130. The Morgan fingerprint density at radius 3 is 2.30 bits per heavy atom. The minimum absolute atomic E-state index is 0.179. The van der Waals surface area contributed by atoms with Crippen molar-refractivity contribution in [2.24, 2.45) is 0 Å². The van der Waals surface area contributed by atoms with Gasteiger partial charge in [0.1, 0.15) is 0 Å². The van der Waals surface area contributed by atoms with Gasteiger partial charge in [-0.25, -0.2) is 0 Å². The molecule has 0 saturated heterocycles. The van der Waals surface area contributed by atoms with Gasteiger partial charge in [-0.1, -0.05) is 60.2 Å². The molecule has 0 saturated carbocycles. The molecule has 4 heteroatoms. The number of benzene rings is 2. The van der Waals surface area contributed by atoms with Crippen molar-refractivity contribution in [3.05, 3.63) is 107 Å². The average Bonchev–Trinajstić information content (AvgIpc) is 2.95. The zero-order chi connectivity index (χ0) is 18.8. The summed E-state index contributed by atoms with van der Waals surface area (Å²) < 4.78 is 0. The fourth-order valence-electron chi connectivity index (χ4n) is 3.51. The van der Waals surface area contributed by atoms with Gasteiger partial charge in [0.15, 0.2) is 5.76 Å². The van der Waals surface area contributed by atoms with E-state index in [9.17, 15) is 9.90 Å². The molecule has 27 heavy (non-hydrogen) atoms. The van der Waals surface area contributed by atoms with Crippen LogP contribution in [0.15, 0.2) is 84.9 Å². The summed E-state index contributed by atoms with van der Waals surface area (Å²) in [6.07, 6.45) is 3.42. The van der Waals surface area contributed by atoms with Crippen LogP contribution < -0.4 is 0 Å². The molecule has 4 nitrogen and oxygen atoms in total. The van der Waals surface area contributed by atoms with E-state index in [-0.39, 0.29) is 17.7 Å². The van der Waals surface area contributed by atoms with Gasteiger partial charge in [-0.05, 0) is 35.7 Å². The SMILES string of the molecule is Cc1ccc(C2=C(O)C(=O)N(Cc3ccncc3)[C@H]2c2ccccc2)cc1. The summed E-state index contributed by atoms with van der Waals surface area (Å²) in [7, 11) is 0. The maximum absolute atomic E-state index is 12.9. The van der Waals surface area contributed by atoms with Crippen molar-refractivity contribution in [2.75, 3.05) is 0 Å². The summed E-state index contributed by atoms with van der Waals surface area (Å²) in [5.41, 5.74) is 4.59. The smallest absolute Gasteiger partial charge is 0.290 e. The molecule has 3 aromatic rings. The Hall–Kier alpha value is -3.40. The van der Waals surface area contributed by atoms with Crippen LogP contribution in [-0.2, 0) is 11.3 Å². The molecule has 134 valence electrons. The third-order valence-electron chi connectivity index (χ3n) is 4.88. The van der Waals surface area contributed by atoms with E-state index >= 15 is 0 Å². The predicted octanol–water partition coefficient (Wildman–Crippen LogP) is 4.44. The Bertz CT molecular complexity index is 980. The molecular weight excluding hydrogens is 336 g/mol. The van der Waals surface area contributed by atoms with E-state index < -0.39 is 0 Å². The van der Waals surface area contributed by atoms with E-state index in [0.29, 0.717) is 12.1 Å². The fraction of sp³-hybridized carbons (Fsp3) is 0.130. The van der Waals surface area contributed by atoms with Gasteiger partial charge in [0, 0.05) is 24.5 Å². The molecule has 0 bridgehead atoms. The van der Waals surface area contributed by atoms with Crippen molar-refractivity contribution in [3.63, 3.8) is 0 Å². The summed E-state index contributed by atoms with van der Waals surface area (Å²) >= 11 is 0. The van der Waals surface area contributed by atoms with E-state index in [1.807, 2.05) is 73.7 Å². The van der Waals surface area contributed by atoms with Crippen molar-refractivity contribution in [2.45, 2.75) is 19.5 Å². The summed E-state index contributed by atoms with van der Waals surface area (Å²) in [4.78, 5) is 18.7. The molecule has 0 aliphatic carbocycles. The predicted molar refractivity (Wildman–Crippen MR) is 105 cm³/mol. The number of aliphatic hydroxyl groups is 1. The number of carbonyl (C=O) groups is 1. The zero-order valence-corrected chi connectivity index (χ0v) is 15.0. The Kier molecular flexibility index (Phi) is 4.47. The Morgan fingerprint density at radius 1 is 0.963 bits per heavy atom. The van der Waals surface area contributed by atoms with Gasteiger partial charge >= 0.3 is 0 Å². The number of nitrogens with zero attached hydrogens (tertiary/aromatic N) is 2. The van der Waals surface area contributed by atoms with Crippen molar-refractivity contribution in [1.82, 2.24) is 9.88 Å². The van der Waals surface area contributed by atoms with E-state index in [4.69, 9.17) is 0 Å². The molecule has 2 aromatic carbocycles. The van der Waals surface area contributed by atoms with Gasteiger partial charge in [-0.3, -0.25) is 9.78 Å². The number of aliphatic hydroxyl groups excluding tert-OH is 1. The van der Waals surface area contributed by atoms with Crippen molar-refractivity contribution >= 4 is 11.5 Å². The molecule has 0 unspecified atom stereocenters. The molecule has 0 spiro atoms. The van der Waals surface area contributed by atoms with Crippen LogP contribution in [0.2, 0.25) is 0 Å². The quantitative estimate of drug-likeness (QED) is 0.752. The Balaban J connectivity index is 1.81. The molecule has 1 atom stereocenters. The standard InChI is InChI=1S/C23H20N2O2/c1-16-7-9-18(10-8-16)20-21(19-5-3-2-4-6-19)25(23(27)22(20)26)15-17-11-13-24-14-12-17/h2-14,21,26H,15H2,1H3/t21-/m0/s1. The van der Waals surface area contributed by atoms with Crippen molar-refractivity contribution in [1.29, 1.82) is 0 Å². The largest absolute Gasteiger partial charge is 0.503 e. The van der Waals surface area contributed by atoms with Crippen LogP contribution in [-0.4, -0.2) is 20.9 Å². The first kappa shape index (κ1) is 17.0. The van der Waals surface area contributed by atoms with Crippen molar-refractivity contribution < 1.29 is 9.90 Å². The van der Waals surface area contributed by atoms with Gasteiger partial charge in [0.25, 0.3) is 5.91 Å². The van der Waals surface area contributed by atoms with Gasteiger partial charge in [0.2, 0.25) is 0 Å². The Morgan fingerprint density at radius 2 is 1.63 bits per heavy atom. The minimum atomic E-state index is -0.351. The maximum atomic E-state index is 12.9. The number of hydrogen-bond acceptors (Lipinski definition) is 3. The first-order valence-corrected chi connectivity index (χ1v) is 8.90. The van der Waals surface area contributed by atoms with Crippen LogP contribution >= 0.6 is 0 Å². The van der Waals surface area contributed by atoms with Crippen LogP contribution in [0.4, 0.5) is 0 Å². The van der Waals surface area contributed by atoms with E-state index in [1.165, 1.54) is 0 Å². The van der Waals surface area contributed by atoms with Gasteiger partial charge in [0.05, 0.1) is 6.04 Å². The van der Waals surface area contributed by atoms with Gasteiger partial charge in [-0.2, -0.15) is 0 Å². The highest BCUT2D eigenvalue weighted by Gasteiger charge is 2.40. The van der Waals surface area contributed by atoms with Crippen LogP contribution in [0, 0.1) is 6.92 Å². The summed E-state index contributed by atoms with van der Waals surface area (Å²) in [6.45, 7) is 2.42. The third-order valence-corrected chi connectivity index (χ3v) is 4.88. The lowest BCUT2D eigenvalue weighted by Gasteiger charge is -2.27. The number of hydrogen-bond donors (Lipinski definition) is 1. The number of aryl methyl sites for hydroxylation is 1. The lowest BCUT2D eigenvalue weighted by Crippen LogP contribution is -2.29. The molecule has 1 aliphatic rings. The highest BCUT2D eigenvalue weighted by atomic mass is 16.3. The number of amides is 1. The molecule has 4 rings (SSSR count). The van der Waals surface area contributed by atoms with Crippen LogP contribution in [0.5, 0.6) is 0 Å². The molecular formula is C23H20N2O2. The lowest BCUT2D eigenvalue weighted by atomic mass is 9.93. The normalized spacial score (nSPS) is 16.9. The molecule has 1 amide bonds. The number of aromatic nitrogens is 1. The highest BCUT2D eigenvalue weighted by molar-refractivity contribution is 6.05. The van der Waals surface area contributed by atoms with Crippen molar-refractivity contribution in [3.8, 4) is 0 Å². The molecule has 0 fully saturated rings. The number of carbonyl (C=O) groups excluding carboxylic acids is 1. The van der Waals surface area contributed by atoms with E-state index in [2.05, 4.69) is 4.98 Å². The number of rotatable bonds is 4. The molecule has 2 heterocycles. The topological polar surface area (TPSA) is 53.4 Å². The maximum Gasteiger partial charge on any atom is 0.290 e. The molecule has 1 aliphatic heterocycles.